The van der Waals surface area contributed by atoms with Gasteiger partial charge in [0.1, 0.15) is 12.1 Å². The van der Waals surface area contributed by atoms with E-state index in [1.165, 1.54) is 50.2 Å². The zero-order valence-electron chi connectivity index (χ0n) is 47.5. The van der Waals surface area contributed by atoms with Gasteiger partial charge in [-0.25, -0.2) is 14.5 Å². The number of rotatable bonds is 14. The van der Waals surface area contributed by atoms with E-state index in [9.17, 15) is 59.3 Å². The maximum Gasteiger partial charge on any atom is 0.416 e. The Labute approximate surface area is 522 Å². The number of hydrazine groups is 1. The quantitative estimate of drug-likeness (QED) is 0.0306. The third kappa shape index (κ3) is 17.3. The van der Waals surface area contributed by atoms with Gasteiger partial charge in [0.25, 0.3) is 17.7 Å². The highest BCUT2D eigenvalue weighted by molar-refractivity contribution is 6.35. The molecule has 0 spiro atoms. The van der Waals surface area contributed by atoms with E-state index >= 15 is 0 Å². The van der Waals surface area contributed by atoms with Crippen molar-refractivity contribution in [2.75, 3.05) is 16.0 Å². The first-order valence-electron chi connectivity index (χ1n) is 25.9. The minimum Gasteiger partial charge on any atom is -0.418 e. The van der Waals surface area contributed by atoms with Crippen molar-refractivity contribution in [3.63, 3.8) is 0 Å². The van der Waals surface area contributed by atoms with Crippen LogP contribution in [0.1, 0.15) is 82.3 Å². The topological polar surface area (TPSA) is 226 Å². The van der Waals surface area contributed by atoms with Crippen LogP contribution in [0.15, 0.2) is 124 Å². The third-order valence-corrected chi connectivity index (χ3v) is 14.4. The Morgan fingerprint density at radius 2 is 0.944 bits per heavy atom. The maximum atomic E-state index is 12.7. The van der Waals surface area contributed by atoms with Crippen LogP contribution >= 0.6 is 34.8 Å². The fourth-order valence-electron chi connectivity index (χ4n) is 7.85. The van der Waals surface area contributed by atoms with Gasteiger partial charge in [-0.2, -0.15) is 39.5 Å². The van der Waals surface area contributed by atoms with Crippen molar-refractivity contribution < 1.29 is 68.2 Å². The molecule has 0 fully saturated rings. The molecule has 7 N–H and O–H groups in total. The molecule has 468 valence electrons. The van der Waals surface area contributed by atoms with Gasteiger partial charge in [-0.15, -0.1) is 20.4 Å². The van der Waals surface area contributed by atoms with E-state index < -0.39 is 71.3 Å². The molecule has 2 amide bonds. The Hall–Kier alpha value is -9.69. The van der Waals surface area contributed by atoms with Crippen LogP contribution in [0.2, 0.25) is 15.1 Å². The molecule has 18 nitrogen and oxygen atoms in total. The molecular weight excluding hydrogens is 1260 g/mol. The fourth-order valence-corrected chi connectivity index (χ4v) is 8.47. The van der Waals surface area contributed by atoms with Gasteiger partial charge in [-0.1, -0.05) is 59.1 Å². The Bertz CT molecular complexity index is 4040. The normalized spacial score (nSPS) is 12.8. The summed E-state index contributed by atoms with van der Waals surface area (Å²) in [6.45, 7) is 31.0. The molecule has 6 aromatic carbocycles. The molecule has 8 aromatic rings. The summed E-state index contributed by atoms with van der Waals surface area (Å²) in [7, 11) is 0. The van der Waals surface area contributed by atoms with Crippen molar-refractivity contribution in [3.05, 3.63) is 215 Å². The van der Waals surface area contributed by atoms with Crippen LogP contribution in [0.4, 0.5) is 73.6 Å². The van der Waals surface area contributed by atoms with Crippen LogP contribution in [0, 0.1) is 40.5 Å². The van der Waals surface area contributed by atoms with E-state index in [1.54, 1.807) is 58.0 Å². The number of nitrogens with zero attached hydrogens (tertiary/aromatic N) is 7. The molecule has 90 heavy (non-hydrogen) atoms. The largest absolute Gasteiger partial charge is 0.418 e. The summed E-state index contributed by atoms with van der Waals surface area (Å²) >= 11 is 18.5. The molecule has 4 atom stereocenters. The van der Waals surface area contributed by atoms with E-state index in [0.717, 1.165) is 48.5 Å². The zero-order chi connectivity index (χ0) is 66.6. The van der Waals surface area contributed by atoms with Crippen molar-refractivity contribution in [1.82, 2.24) is 31.2 Å². The van der Waals surface area contributed by atoms with E-state index in [0.29, 0.717) is 67.0 Å². The van der Waals surface area contributed by atoms with Gasteiger partial charge in [0, 0.05) is 33.8 Å². The Kier molecular flexibility index (Phi) is 22.8. The minimum absolute atomic E-state index is 0.0179. The molecule has 0 aliphatic carbocycles. The number of halogens is 12. The van der Waals surface area contributed by atoms with Gasteiger partial charge in [-0.3, -0.25) is 20.4 Å². The second-order valence-electron chi connectivity index (χ2n) is 19.1. The molecule has 2 aromatic heterocycles. The highest BCUT2D eigenvalue weighted by atomic mass is 35.5. The molecule has 0 aliphatic rings. The average Bonchev–Trinajstić information content (AvgIpc) is 1.84. The van der Waals surface area contributed by atoms with E-state index in [-0.39, 0.29) is 44.9 Å². The van der Waals surface area contributed by atoms with E-state index in [1.807, 2.05) is 0 Å². The summed E-state index contributed by atoms with van der Waals surface area (Å²) in [6, 6.07) is 19.7. The van der Waals surface area contributed by atoms with Crippen LogP contribution < -0.4 is 26.8 Å². The number of hydrogen-bond donors (Lipinski definition) is 7. The number of benzene rings is 6. The number of amides is 2. The van der Waals surface area contributed by atoms with Gasteiger partial charge >= 0.3 is 18.5 Å². The monoisotopic (exact) mass is 1310 g/mol. The lowest BCUT2D eigenvalue weighted by molar-refractivity contribution is -0.138. The summed E-state index contributed by atoms with van der Waals surface area (Å²) in [6.07, 6.45) is -13.8. The number of nitrogens with one attached hydrogen (secondary N) is 5. The standard InChI is InChI=1S/C20H18ClF3N4O3.C20H16ClF3N4O2.C20H14ClF3N4O/c1-10-14(8-9-15(25-3)16(10)21)26-17(11(2)29)19(31)28-27-18(30)12-4-6-13(7-5-12)20(22,23)24;1-10-14(8-9-15(25-3)16(10)21)26-17(11(2)29)19-28-27-18(30-19)12-4-6-13(7-5-12)20(22,23)24;1-4-14(26-15-9-10-16(25-3)17(21)11(15)2)19-28-27-18(29-19)12-5-7-13(8-6-12)20(22,23)24/h4-9,11,17,26,29H,1-2H3,(H,27,30)(H,28,31);4-9,11,17,26,29H,1-2H3;4-10,26H,1-2H3/b;;14-4-/t2*11-,17+;/m00./s1. The minimum atomic E-state index is -4.53. The highest BCUT2D eigenvalue weighted by Crippen LogP contribution is 2.39. The predicted molar refractivity (Wildman–Crippen MR) is 318 cm³/mol. The molecule has 0 radical (unpaired) electrons. The average molecular weight is 1310 g/mol. The Morgan fingerprint density at radius 1 is 0.544 bits per heavy atom. The van der Waals surface area contributed by atoms with Crippen LogP contribution in [0.5, 0.6) is 0 Å². The lowest BCUT2D eigenvalue weighted by atomic mass is 10.1. The summed E-state index contributed by atoms with van der Waals surface area (Å²) in [4.78, 5) is 34.5. The van der Waals surface area contributed by atoms with E-state index in [2.05, 4.69) is 61.7 Å². The molecule has 2 heterocycles. The van der Waals surface area contributed by atoms with Gasteiger partial charge in [0.05, 0.1) is 69.4 Å². The highest BCUT2D eigenvalue weighted by Gasteiger charge is 2.33. The maximum absolute atomic E-state index is 12.7. The summed E-state index contributed by atoms with van der Waals surface area (Å²) in [5, 5.41) is 45.7. The van der Waals surface area contributed by atoms with Gasteiger partial charge in [0.15, 0.2) is 0 Å². The van der Waals surface area contributed by atoms with Crippen LogP contribution in [-0.2, 0) is 23.3 Å². The van der Waals surface area contributed by atoms with Crippen molar-refractivity contribution in [2.45, 2.75) is 84.4 Å². The molecule has 8 rings (SSSR count). The van der Waals surface area contributed by atoms with Crippen LogP contribution in [-0.4, -0.2) is 60.7 Å². The predicted octanol–water partition coefficient (Wildman–Crippen LogP) is 16.4. The number of carbonyl (C=O) groups excluding carboxylic acids is 2. The number of aliphatic hydroxyl groups is 2. The number of alkyl halides is 9. The summed E-state index contributed by atoms with van der Waals surface area (Å²) in [5.74, 6) is -1.33. The summed E-state index contributed by atoms with van der Waals surface area (Å²) in [5.41, 5.74) is 7.09. The van der Waals surface area contributed by atoms with Crippen molar-refractivity contribution in [3.8, 4) is 22.9 Å². The SMILES string of the molecule is [C-]#[N+]c1ccc(N/C(=C\C)c2nnc(-c3ccc(C(F)(F)F)cc3)o2)c(C)c1Cl.[C-]#[N+]c1ccc(N[C@@H](C(=O)NNC(=O)c2ccc(C(F)(F)F)cc2)[C@H](C)O)c(C)c1Cl.[C-]#[N+]c1ccc(N[C@@H](c2nnc(-c3ccc(C(F)(F)F)cc3)o2)[C@H](C)O)c(C)c1Cl. The van der Waals surface area contributed by atoms with Crippen molar-refractivity contribution in [1.29, 1.82) is 0 Å². The first-order chi connectivity index (χ1) is 42.3. The number of allylic oxidation sites excluding steroid dienone is 1. The molecule has 0 bridgehead atoms. The fraction of sp³-hybridized carbons (Fsp3) is 0.217. The lowest BCUT2D eigenvalue weighted by Gasteiger charge is -2.23. The van der Waals surface area contributed by atoms with E-state index in [4.69, 9.17) is 63.4 Å². The van der Waals surface area contributed by atoms with Crippen LogP contribution in [0.3, 0.4) is 0 Å². The number of hydrogen-bond acceptors (Lipinski definition) is 13. The van der Waals surface area contributed by atoms with Crippen molar-refractivity contribution >= 4 is 86.4 Å². The lowest BCUT2D eigenvalue weighted by Crippen LogP contribution is -2.52. The second-order valence-corrected chi connectivity index (χ2v) is 20.3. The Balaban J connectivity index is 0.000000215. The number of anilines is 3. The molecule has 0 unspecified atom stereocenters. The molecular formula is C60H48Cl3F9N12O6. The molecule has 30 heteroatoms. The first kappa shape index (κ1) is 69.4. The number of carbonyl (C=O) groups is 2. The van der Waals surface area contributed by atoms with Gasteiger partial charge in [0.2, 0.25) is 34.7 Å². The number of aliphatic hydroxyl groups excluding tert-OH is 2. The second kappa shape index (κ2) is 29.5. The Morgan fingerprint density at radius 3 is 1.36 bits per heavy atom. The zero-order valence-corrected chi connectivity index (χ0v) is 49.7. The molecule has 0 saturated heterocycles. The third-order valence-electron chi connectivity index (χ3n) is 12.9. The number of aromatic nitrogens is 4. The molecule has 0 saturated carbocycles. The first-order valence-corrected chi connectivity index (χ1v) is 27.1. The van der Waals surface area contributed by atoms with Crippen LogP contribution in [0.25, 0.3) is 43.1 Å². The van der Waals surface area contributed by atoms with Crippen molar-refractivity contribution in [2.24, 2.45) is 0 Å². The smallest absolute Gasteiger partial charge is 0.416 e. The van der Waals surface area contributed by atoms with Gasteiger partial charge in [-0.05, 0) is 149 Å². The molecule has 0 aliphatic heterocycles. The summed E-state index contributed by atoms with van der Waals surface area (Å²) < 4.78 is 125. The van der Waals surface area contributed by atoms with Gasteiger partial charge < -0.3 is 35.0 Å².